The van der Waals surface area contributed by atoms with Gasteiger partial charge >= 0.3 is 6.18 Å². The molecule has 0 aromatic heterocycles. The summed E-state index contributed by atoms with van der Waals surface area (Å²) in [6.45, 7) is -0.455. The lowest BCUT2D eigenvalue weighted by atomic mass is 10.2. The van der Waals surface area contributed by atoms with Gasteiger partial charge in [-0.3, -0.25) is 4.79 Å². The zero-order chi connectivity index (χ0) is 11.5. The first-order chi connectivity index (χ1) is 6.89. The maximum atomic E-state index is 12.2. The molecule has 0 aliphatic carbocycles. The zero-order valence-electron chi connectivity index (χ0n) is 7.34. The van der Waals surface area contributed by atoms with E-state index in [0.29, 0.717) is 0 Å². The lowest BCUT2D eigenvalue weighted by Gasteiger charge is -2.08. The van der Waals surface area contributed by atoms with Crippen molar-refractivity contribution in [3.05, 3.63) is 29.8 Å². The maximum Gasteiger partial charge on any atom is 0.416 e. The average Bonchev–Trinajstić information content (AvgIpc) is 2.14. The van der Waals surface area contributed by atoms with Crippen LogP contribution in [0.25, 0.3) is 0 Å². The third-order valence-electron chi connectivity index (χ3n) is 1.51. The molecule has 0 aliphatic rings. The van der Waals surface area contributed by atoms with E-state index in [1.807, 2.05) is 0 Å². The molecule has 0 N–H and O–H groups in total. The number of hydrogen-bond donors (Lipinski definition) is 0. The molecule has 1 aromatic carbocycles. The van der Waals surface area contributed by atoms with E-state index in [-0.39, 0.29) is 5.75 Å². The van der Waals surface area contributed by atoms with Crippen molar-refractivity contribution in [2.24, 2.45) is 0 Å². The molecule has 0 unspecified atom stereocenters. The average molecular weight is 239 g/mol. The molecule has 1 rings (SSSR count). The molecular weight excluding hydrogens is 233 g/mol. The van der Waals surface area contributed by atoms with E-state index in [2.05, 4.69) is 0 Å². The maximum absolute atomic E-state index is 12.2. The number of rotatable bonds is 3. The predicted molar refractivity (Wildman–Crippen MR) is 47.8 cm³/mol. The van der Waals surface area contributed by atoms with Gasteiger partial charge in [-0.2, -0.15) is 13.2 Å². The van der Waals surface area contributed by atoms with Crippen LogP contribution in [0, 0.1) is 0 Å². The van der Waals surface area contributed by atoms with Gasteiger partial charge in [0.25, 0.3) is 5.24 Å². The first-order valence-corrected chi connectivity index (χ1v) is 4.26. The molecular formula is C9H6ClF3O2. The minimum Gasteiger partial charge on any atom is -0.484 e. The van der Waals surface area contributed by atoms with E-state index in [1.165, 1.54) is 12.1 Å². The Kier molecular flexibility index (Phi) is 3.57. The molecule has 0 saturated carbocycles. The van der Waals surface area contributed by atoms with Gasteiger partial charge in [0.15, 0.2) is 6.61 Å². The Morgan fingerprint density at radius 3 is 2.60 bits per heavy atom. The molecule has 0 fully saturated rings. The molecule has 6 heteroatoms. The van der Waals surface area contributed by atoms with Crippen molar-refractivity contribution >= 4 is 16.8 Å². The van der Waals surface area contributed by atoms with Gasteiger partial charge in [0.05, 0.1) is 5.56 Å². The minimum atomic E-state index is -4.43. The topological polar surface area (TPSA) is 26.3 Å². The molecule has 0 aliphatic heterocycles. The molecule has 0 radical (unpaired) electrons. The lowest BCUT2D eigenvalue weighted by Crippen LogP contribution is -2.07. The number of alkyl halides is 3. The van der Waals surface area contributed by atoms with Gasteiger partial charge in [0.2, 0.25) is 0 Å². The summed E-state index contributed by atoms with van der Waals surface area (Å²) >= 11 is 4.97. The first-order valence-electron chi connectivity index (χ1n) is 3.88. The highest BCUT2D eigenvalue weighted by atomic mass is 35.5. The zero-order valence-corrected chi connectivity index (χ0v) is 8.10. The van der Waals surface area contributed by atoms with E-state index >= 15 is 0 Å². The van der Waals surface area contributed by atoms with Crippen LogP contribution in [0.4, 0.5) is 13.2 Å². The Balaban J connectivity index is 2.79. The molecule has 15 heavy (non-hydrogen) atoms. The molecule has 0 amide bonds. The van der Waals surface area contributed by atoms with Crippen molar-refractivity contribution < 1.29 is 22.7 Å². The van der Waals surface area contributed by atoms with E-state index in [9.17, 15) is 18.0 Å². The van der Waals surface area contributed by atoms with Gasteiger partial charge < -0.3 is 4.74 Å². The lowest BCUT2D eigenvalue weighted by molar-refractivity contribution is -0.137. The summed E-state index contributed by atoms with van der Waals surface area (Å²) < 4.78 is 41.4. The van der Waals surface area contributed by atoms with Gasteiger partial charge in [0.1, 0.15) is 5.75 Å². The van der Waals surface area contributed by atoms with E-state index in [0.717, 1.165) is 12.1 Å². The second-order valence-corrected chi connectivity index (χ2v) is 3.09. The minimum absolute atomic E-state index is 0.0428. The van der Waals surface area contributed by atoms with Gasteiger partial charge in [0, 0.05) is 0 Å². The van der Waals surface area contributed by atoms with Crippen LogP contribution in [0.15, 0.2) is 24.3 Å². The highest BCUT2D eigenvalue weighted by Gasteiger charge is 2.30. The number of hydrogen-bond acceptors (Lipinski definition) is 2. The van der Waals surface area contributed by atoms with Crippen LogP contribution in [0.3, 0.4) is 0 Å². The summed E-state index contributed by atoms with van der Waals surface area (Å²) in [6, 6.07) is 4.22. The second-order valence-electron chi connectivity index (χ2n) is 2.67. The molecule has 0 atom stereocenters. The molecule has 0 saturated heterocycles. The quantitative estimate of drug-likeness (QED) is 0.757. The van der Waals surface area contributed by atoms with Crippen molar-refractivity contribution in [1.29, 1.82) is 0 Å². The summed E-state index contributed by atoms with van der Waals surface area (Å²) in [4.78, 5) is 10.3. The normalized spacial score (nSPS) is 11.2. The Morgan fingerprint density at radius 2 is 2.07 bits per heavy atom. The first kappa shape index (κ1) is 11.8. The Hall–Kier alpha value is -1.23. The van der Waals surface area contributed by atoms with Crippen molar-refractivity contribution in [2.45, 2.75) is 6.18 Å². The van der Waals surface area contributed by atoms with Crippen LogP contribution in [0.5, 0.6) is 5.75 Å². The highest BCUT2D eigenvalue weighted by Crippen LogP contribution is 2.31. The van der Waals surface area contributed by atoms with Crippen LogP contribution in [0.2, 0.25) is 0 Å². The summed E-state index contributed by atoms with van der Waals surface area (Å²) in [5.41, 5.74) is -0.831. The fraction of sp³-hybridized carbons (Fsp3) is 0.222. The fourth-order valence-corrected chi connectivity index (χ4v) is 0.957. The van der Waals surface area contributed by atoms with Crippen LogP contribution in [0.1, 0.15) is 5.56 Å². The van der Waals surface area contributed by atoms with Crippen molar-refractivity contribution in [2.75, 3.05) is 6.61 Å². The van der Waals surface area contributed by atoms with Crippen LogP contribution in [-0.4, -0.2) is 11.8 Å². The molecule has 0 spiro atoms. The molecule has 0 heterocycles. The van der Waals surface area contributed by atoms with Crippen LogP contribution in [-0.2, 0) is 11.0 Å². The highest BCUT2D eigenvalue weighted by molar-refractivity contribution is 6.63. The summed E-state index contributed by atoms with van der Waals surface area (Å²) in [5.74, 6) is -0.0428. The second kappa shape index (κ2) is 4.53. The number of ether oxygens (including phenoxy) is 1. The summed E-state index contributed by atoms with van der Waals surface area (Å²) in [6.07, 6.45) is -4.43. The van der Waals surface area contributed by atoms with E-state index < -0.39 is 23.6 Å². The largest absolute Gasteiger partial charge is 0.484 e. The standard InChI is InChI=1S/C9H6ClF3O2/c10-8(14)5-15-7-3-1-2-6(4-7)9(11,12)13/h1-4H,5H2. The fourth-order valence-electron chi connectivity index (χ4n) is 0.902. The number of benzene rings is 1. The van der Waals surface area contributed by atoms with Crippen LogP contribution < -0.4 is 4.74 Å². The third kappa shape index (κ3) is 3.79. The van der Waals surface area contributed by atoms with Crippen molar-refractivity contribution in [3.8, 4) is 5.75 Å². The van der Waals surface area contributed by atoms with Crippen molar-refractivity contribution in [3.63, 3.8) is 0 Å². The Labute approximate surface area is 88.6 Å². The number of carbonyl (C=O) groups excluding carboxylic acids is 1. The van der Waals surface area contributed by atoms with Gasteiger partial charge in [-0.1, -0.05) is 6.07 Å². The third-order valence-corrected chi connectivity index (χ3v) is 1.62. The Morgan fingerprint density at radius 1 is 1.40 bits per heavy atom. The van der Waals surface area contributed by atoms with Crippen LogP contribution >= 0.6 is 11.6 Å². The van der Waals surface area contributed by atoms with E-state index in [1.54, 1.807) is 0 Å². The SMILES string of the molecule is O=C(Cl)COc1cccc(C(F)(F)F)c1. The van der Waals surface area contributed by atoms with Crippen molar-refractivity contribution in [1.82, 2.24) is 0 Å². The molecule has 2 nitrogen and oxygen atoms in total. The molecule has 82 valence electrons. The van der Waals surface area contributed by atoms with Gasteiger partial charge in [-0.25, -0.2) is 0 Å². The number of halogens is 4. The van der Waals surface area contributed by atoms with Gasteiger partial charge in [-0.05, 0) is 29.8 Å². The smallest absolute Gasteiger partial charge is 0.416 e. The number of carbonyl (C=O) groups is 1. The Bertz CT molecular complexity index is 363. The summed E-state index contributed by atoms with van der Waals surface area (Å²) in [5, 5.41) is -0.771. The summed E-state index contributed by atoms with van der Waals surface area (Å²) in [7, 11) is 0. The monoisotopic (exact) mass is 238 g/mol. The molecule has 0 bridgehead atoms. The van der Waals surface area contributed by atoms with E-state index in [4.69, 9.17) is 16.3 Å². The predicted octanol–water partition coefficient (Wildman–Crippen LogP) is 2.85. The molecule has 1 aromatic rings. The van der Waals surface area contributed by atoms with Gasteiger partial charge in [-0.15, -0.1) is 0 Å².